The number of aromatic nitrogens is 14. The van der Waals surface area contributed by atoms with E-state index in [9.17, 15) is 0 Å². The second-order valence-corrected chi connectivity index (χ2v) is 36.4. The summed E-state index contributed by atoms with van der Waals surface area (Å²) in [4.78, 5) is 50.7. The van der Waals surface area contributed by atoms with Gasteiger partial charge < -0.3 is 31.4 Å². The fourth-order valence-corrected chi connectivity index (χ4v) is 17.5. The molecule has 0 aliphatic carbocycles. The summed E-state index contributed by atoms with van der Waals surface area (Å²) in [5, 5.41) is 16.8. The molecule has 19 heterocycles. The fourth-order valence-electron chi connectivity index (χ4n) is 16.6. The molecule has 0 N–H and O–H groups in total. The van der Waals surface area contributed by atoms with Crippen molar-refractivity contribution < 1.29 is 17.7 Å². The van der Waals surface area contributed by atoms with Crippen molar-refractivity contribution in [2.45, 2.75) is 125 Å². The Kier molecular flexibility index (Phi) is 26.3. The van der Waals surface area contributed by atoms with Crippen LogP contribution in [0.3, 0.4) is 0 Å². The lowest BCUT2D eigenvalue weighted by Crippen LogP contribution is -1.93. The average Bonchev–Trinajstić information content (AvgIpc) is 1.39. The van der Waals surface area contributed by atoms with Crippen molar-refractivity contribution in [3.05, 3.63) is 375 Å². The highest BCUT2D eigenvalue weighted by molar-refractivity contribution is 7.25. The molecule has 0 spiro atoms. The maximum Gasteiger partial charge on any atom is 0.229 e. The van der Waals surface area contributed by atoms with Crippen LogP contribution in [-0.2, 0) is 21.1 Å². The molecule has 19 heteroatoms. The summed E-state index contributed by atoms with van der Waals surface area (Å²) in [6, 6.07) is 75.7. The molecule has 6 aromatic carbocycles. The SMILES string of the molecule is Cc1cc2cc3ccn(C)c3cc2o1.Cc1cc2cc3ccoc3cc2n1C.Cc1cc2ccc3cc(C)c(C)nc3c2nc1C.Cc1ccc(-c2ccc(C)cn2)nc1.Cc1ccc2c(c1)c1cc(C)ccc1n2C.Cc1ccc2oc3ncc(C)cc3c2c1.Cc1cccc(-c2cccc(C)n2)n1.Cc1cnc2oc3ncc(C)cc3c2c1.Cc1cnc2sc3ncc(C)cc3c2c1. The van der Waals surface area contributed by atoms with Gasteiger partial charge in [0.05, 0.1) is 61.9 Å². The minimum atomic E-state index is 0.661. The van der Waals surface area contributed by atoms with E-state index in [4.69, 9.17) is 27.6 Å². The Balaban J connectivity index is 0.000000106. The standard InChI is InChI=1S/C16H16N2.C15H15N.C13H11NO.C12H10N2O.C12H10N2S.2C12H12N2.2C12H11NO/c1-9-7-13-5-6-14-8-10(2)12(4)18-16(14)15(13)17-11(9)3;1-10-4-6-14-12(8-10)13-9-11(2)5-7-15(13)16(14)3;1-8-3-4-12-10(5-8)11-6-9(2)7-14-13(11)15-12;2*1-7-3-9-10-4-8(2)6-14-12(10)15-11(9)13-5-7;1-9-3-5-11(13-7-9)12-6-4-10(2)8-14-12;1-9-5-3-7-11(13-9)12-8-4-6-10(2)14-12;1-8-5-10-6-9-3-4-14-12(9)7-11(10)13(8)2;1-8-5-10-6-9-3-4-13(2)11(9)7-12(10)14-8/h5-8H,1-4H3;4-9H,1-3H3;3-7H,1-2H3;2*3-6H,1-2H3;2*3-8H,1-2H3;2*3-7H,1-2H3. The number of fused-ring (bicyclic) bond motifs is 19. The van der Waals surface area contributed by atoms with E-state index in [2.05, 4.69) is 294 Å². The van der Waals surface area contributed by atoms with Crippen LogP contribution in [0.2, 0.25) is 0 Å². The topological polar surface area (TPSA) is 209 Å². The minimum absolute atomic E-state index is 0.661. The zero-order valence-corrected chi connectivity index (χ0v) is 81.1. The second kappa shape index (κ2) is 39.0. The summed E-state index contributed by atoms with van der Waals surface area (Å²) >= 11 is 1.66. The molecule has 19 aromatic heterocycles. The van der Waals surface area contributed by atoms with Gasteiger partial charge in [0, 0.05) is 187 Å². The number of hydrogen-bond acceptors (Lipinski definition) is 16. The van der Waals surface area contributed by atoms with Crippen molar-refractivity contribution in [2.75, 3.05) is 0 Å². The Morgan fingerprint density at radius 2 is 0.711 bits per heavy atom. The largest absolute Gasteiger partial charge is 0.464 e. The van der Waals surface area contributed by atoms with Crippen LogP contribution >= 0.6 is 11.3 Å². The normalized spacial score (nSPS) is 11.1. The Bertz CT molecular complexity index is 8060. The fraction of sp³-hybridized carbons (Fsp3) is 0.181. The van der Waals surface area contributed by atoms with Gasteiger partial charge in [-0.15, -0.1) is 0 Å². The zero-order chi connectivity index (χ0) is 94.7. The van der Waals surface area contributed by atoms with Crippen molar-refractivity contribution in [1.29, 1.82) is 0 Å². The molecular formula is C116H108N14O4S. The highest BCUT2D eigenvalue weighted by atomic mass is 32.1. The molecule has 0 radical (unpaired) electrons. The number of aryl methyl sites for hydroxylation is 21. The van der Waals surface area contributed by atoms with Gasteiger partial charge in [-0.05, 0) is 326 Å². The lowest BCUT2D eigenvalue weighted by Gasteiger charge is -2.08. The number of rotatable bonds is 2. The molecule has 0 saturated heterocycles. The zero-order valence-electron chi connectivity index (χ0n) is 80.3. The second-order valence-electron chi connectivity index (χ2n) is 35.4. The van der Waals surface area contributed by atoms with Gasteiger partial charge in [-0.1, -0.05) is 82.6 Å². The Hall–Kier alpha value is -15.7. The van der Waals surface area contributed by atoms with Gasteiger partial charge in [0.15, 0.2) is 0 Å². The van der Waals surface area contributed by atoms with Crippen LogP contribution in [0.15, 0.2) is 292 Å². The quantitative estimate of drug-likeness (QED) is 0.147. The van der Waals surface area contributed by atoms with Crippen molar-refractivity contribution in [3.8, 4) is 22.8 Å². The van der Waals surface area contributed by atoms with Gasteiger partial charge in [0.1, 0.15) is 32.2 Å². The van der Waals surface area contributed by atoms with Crippen LogP contribution in [0.5, 0.6) is 0 Å². The number of pyridine rings is 11. The lowest BCUT2D eigenvalue weighted by molar-refractivity contribution is 0.579. The number of benzene rings is 6. The first-order valence-corrected chi connectivity index (χ1v) is 46.0. The van der Waals surface area contributed by atoms with Gasteiger partial charge >= 0.3 is 0 Å². The molecule has 25 rings (SSSR count). The van der Waals surface area contributed by atoms with E-state index in [0.29, 0.717) is 11.4 Å². The van der Waals surface area contributed by atoms with Crippen LogP contribution in [0.25, 0.3) is 175 Å². The van der Waals surface area contributed by atoms with E-state index in [1.54, 1.807) is 30.0 Å². The van der Waals surface area contributed by atoms with Crippen molar-refractivity contribution in [3.63, 3.8) is 0 Å². The third-order valence-corrected chi connectivity index (χ3v) is 25.2. The Labute approximate surface area is 788 Å². The molecule has 18 nitrogen and oxygen atoms in total. The molecule has 0 atom stereocenters. The third-order valence-electron chi connectivity index (χ3n) is 24.1. The first-order chi connectivity index (χ1) is 64.9. The van der Waals surface area contributed by atoms with Gasteiger partial charge in [0.2, 0.25) is 17.1 Å². The lowest BCUT2D eigenvalue weighted by atomic mass is 10.1. The summed E-state index contributed by atoms with van der Waals surface area (Å²) in [5.74, 6) is 0.968. The number of nitrogens with zero attached hydrogens (tertiary/aromatic N) is 14. The molecular weight excluding hydrogens is 1690 g/mol. The Morgan fingerprint density at radius 3 is 1.21 bits per heavy atom. The predicted octanol–water partition coefficient (Wildman–Crippen LogP) is 30.0. The van der Waals surface area contributed by atoms with E-state index in [0.717, 1.165) is 133 Å². The molecule has 0 unspecified atom stereocenters. The van der Waals surface area contributed by atoms with Gasteiger partial charge in [-0.25, -0.2) is 24.9 Å². The van der Waals surface area contributed by atoms with E-state index >= 15 is 0 Å². The average molecular weight is 1790 g/mol. The van der Waals surface area contributed by atoms with Gasteiger partial charge in [0.25, 0.3) is 0 Å². The molecule has 135 heavy (non-hydrogen) atoms. The predicted molar refractivity (Wildman–Crippen MR) is 559 cm³/mol. The third kappa shape index (κ3) is 20.4. The van der Waals surface area contributed by atoms with Gasteiger partial charge in [-0.2, -0.15) is 0 Å². The minimum Gasteiger partial charge on any atom is -0.464 e. The smallest absolute Gasteiger partial charge is 0.229 e. The van der Waals surface area contributed by atoms with Crippen LogP contribution in [-0.4, -0.2) is 68.5 Å². The van der Waals surface area contributed by atoms with E-state index in [-0.39, 0.29) is 0 Å². The highest BCUT2D eigenvalue weighted by Gasteiger charge is 2.16. The summed E-state index contributed by atoms with van der Waals surface area (Å²) in [6.45, 7) is 37.0. The summed E-state index contributed by atoms with van der Waals surface area (Å²) in [5.41, 5.74) is 35.7. The maximum atomic E-state index is 5.65. The van der Waals surface area contributed by atoms with E-state index < -0.39 is 0 Å². The molecule has 25 aromatic rings. The van der Waals surface area contributed by atoms with Crippen LogP contribution in [0, 0.1) is 125 Å². The molecule has 672 valence electrons. The summed E-state index contributed by atoms with van der Waals surface area (Å²) in [6.07, 6.45) is 16.8. The van der Waals surface area contributed by atoms with Crippen LogP contribution in [0.1, 0.15) is 101 Å². The molecule has 0 aliphatic rings. The van der Waals surface area contributed by atoms with Gasteiger partial charge in [-0.3, -0.25) is 29.9 Å². The molecule has 0 bridgehead atoms. The number of hydrogen-bond donors (Lipinski definition) is 0. The molecule has 0 fully saturated rings. The van der Waals surface area contributed by atoms with E-state index in [1.165, 1.54) is 132 Å². The van der Waals surface area contributed by atoms with Crippen molar-refractivity contribution in [2.24, 2.45) is 21.1 Å². The Morgan fingerprint density at radius 1 is 0.267 bits per heavy atom. The highest BCUT2D eigenvalue weighted by Crippen LogP contribution is 2.36. The monoisotopic (exact) mass is 1790 g/mol. The summed E-state index contributed by atoms with van der Waals surface area (Å²) in [7, 11) is 6.26. The molecule has 0 saturated carbocycles. The van der Waals surface area contributed by atoms with Crippen molar-refractivity contribution in [1.82, 2.24) is 68.5 Å². The van der Waals surface area contributed by atoms with Crippen LogP contribution < -0.4 is 0 Å². The first kappa shape index (κ1) is 91.2. The maximum absolute atomic E-state index is 5.65. The van der Waals surface area contributed by atoms with Crippen molar-refractivity contribution >= 4 is 163 Å². The molecule has 0 amide bonds. The molecule has 0 aliphatic heterocycles. The number of thiophene rings is 1. The number of furan rings is 4. The van der Waals surface area contributed by atoms with E-state index in [1.807, 2.05) is 166 Å². The first-order valence-electron chi connectivity index (χ1n) is 45.2. The van der Waals surface area contributed by atoms with Crippen LogP contribution in [0.4, 0.5) is 0 Å². The summed E-state index contributed by atoms with van der Waals surface area (Å²) < 4.78 is 28.7.